The Kier molecular flexibility index (Phi) is 5.77. The van der Waals surface area contributed by atoms with Crippen molar-refractivity contribution >= 4 is 5.91 Å². The lowest BCUT2D eigenvalue weighted by molar-refractivity contribution is -0.127. The zero-order chi connectivity index (χ0) is 21.1. The first kappa shape index (κ1) is 20.0. The molecular formula is C24H27N5O. The Hall–Kier alpha value is -3.25. The summed E-state index contributed by atoms with van der Waals surface area (Å²) in [7, 11) is 3.98. The van der Waals surface area contributed by atoms with Crippen LogP contribution in [0.3, 0.4) is 0 Å². The number of aromatic nitrogens is 3. The minimum absolute atomic E-state index is 0.0436. The molecule has 6 nitrogen and oxygen atoms in total. The molecule has 1 aromatic carbocycles. The van der Waals surface area contributed by atoms with Crippen LogP contribution in [0, 0.1) is 6.92 Å². The summed E-state index contributed by atoms with van der Waals surface area (Å²) in [6.45, 7) is 4.72. The normalized spacial score (nSPS) is 13.8. The maximum Gasteiger partial charge on any atom is 0.246 e. The predicted molar refractivity (Wildman–Crippen MR) is 119 cm³/mol. The van der Waals surface area contributed by atoms with Crippen molar-refractivity contribution in [3.63, 3.8) is 0 Å². The first-order valence-electron chi connectivity index (χ1n) is 10.2. The third kappa shape index (κ3) is 4.19. The van der Waals surface area contributed by atoms with Crippen LogP contribution in [0.1, 0.15) is 11.3 Å². The van der Waals surface area contributed by atoms with E-state index in [4.69, 9.17) is 5.10 Å². The standard InChI is InChI=1S/C24H27N5O/c1-18-6-4-7-20(16-18)24-23(19-9-11-25-12-10-19)21-17-28(14-15-29(21)26-24)22(30)8-5-13-27(2)3/h4-12,16H,13-15,17H2,1-3H3/b8-5+. The highest BCUT2D eigenvalue weighted by Crippen LogP contribution is 2.36. The number of hydrogen-bond acceptors (Lipinski definition) is 4. The average Bonchev–Trinajstić information content (AvgIpc) is 3.13. The van der Waals surface area contributed by atoms with Crippen LogP contribution in [-0.2, 0) is 17.9 Å². The summed E-state index contributed by atoms with van der Waals surface area (Å²) in [5.41, 5.74) is 6.46. The minimum atomic E-state index is 0.0436. The summed E-state index contributed by atoms with van der Waals surface area (Å²) >= 11 is 0. The molecule has 0 saturated heterocycles. The first-order valence-corrected chi connectivity index (χ1v) is 10.2. The molecule has 4 rings (SSSR count). The van der Waals surface area contributed by atoms with Crippen LogP contribution in [0.4, 0.5) is 0 Å². The largest absolute Gasteiger partial charge is 0.331 e. The molecule has 30 heavy (non-hydrogen) atoms. The molecule has 0 radical (unpaired) electrons. The number of carbonyl (C=O) groups excluding carboxylic acids is 1. The fraction of sp³-hybridized carbons (Fsp3) is 0.292. The molecule has 0 N–H and O–H groups in total. The van der Waals surface area contributed by atoms with Gasteiger partial charge in [-0.15, -0.1) is 0 Å². The highest BCUT2D eigenvalue weighted by Gasteiger charge is 2.27. The summed E-state index contributed by atoms with van der Waals surface area (Å²) < 4.78 is 2.06. The maximum absolute atomic E-state index is 12.7. The van der Waals surface area contributed by atoms with Crippen LogP contribution in [0.25, 0.3) is 22.4 Å². The van der Waals surface area contributed by atoms with E-state index in [1.165, 1.54) is 5.56 Å². The molecule has 0 atom stereocenters. The van der Waals surface area contributed by atoms with Crippen LogP contribution < -0.4 is 0 Å². The van der Waals surface area contributed by atoms with Crippen LogP contribution in [0.2, 0.25) is 0 Å². The third-order valence-electron chi connectivity index (χ3n) is 5.28. The van der Waals surface area contributed by atoms with Crippen LogP contribution >= 0.6 is 0 Å². The Labute approximate surface area is 177 Å². The van der Waals surface area contributed by atoms with Gasteiger partial charge in [-0.05, 0) is 44.8 Å². The summed E-state index contributed by atoms with van der Waals surface area (Å²) in [5.74, 6) is 0.0436. The van der Waals surface area contributed by atoms with E-state index in [0.29, 0.717) is 19.6 Å². The van der Waals surface area contributed by atoms with Gasteiger partial charge in [-0.3, -0.25) is 14.5 Å². The van der Waals surface area contributed by atoms with Crippen molar-refractivity contribution in [1.29, 1.82) is 0 Å². The Morgan fingerprint density at radius 3 is 2.67 bits per heavy atom. The van der Waals surface area contributed by atoms with Gasteiger partial charge in [0.2, 0.25) is 5.91 Å². The minimum Gasteiger partial charge on any atom is -0.331 e. The van der Waals surface area contributed by atoms with Gasteiger partial charge in [-0.2, -0.15) is 5.10 Å². The lowest BCUT2D eigenvalue weighted by Gasteiger charge is -2.27. The lowest BCUT2D eigenvalue weighted by Crippen LogP contribution is -2.37. The number of hydrogen-bond donors (Lipinski definition) is 0. The number of pyridine rings is 1. The van der Waals surface area contributed by atoms with Gasteiger partial charge < -0.3 is 9.80 Å². The lowest BCUT2D eigenvalue weighted by atomic mass is 9.98. The van der Waals surface area contributed by atoms with Gasteiger partial charge >= 0.3 is 0 Å². The summed E-state index contributed by atoms with van der Waals surface area (Å²) in [4.78, 5) is 20.8. The number of amides is 1. The van der Waals surface area contributed by atoms with Gasteiger partial charge in [0.05, 0.1) is 18.8 Å². The summed E-state index contributed by atoms with van der Waals surface area (Å²) in [5, 5.41) is 4.95. The Morgan fingerprint density at radius 1 is 1.13 bits per heavy atom. The van der Waals surface area contributed by atoms with Crippen molar-refractivity contribution in [1.82, 2.24) is 24.6 Å². The molecule has 0 unspecified atom stereocenters. The molecule has 1 aliphatic rings. The molecule has 0 spiro atoms. The highest BCUT2D eigenvalue weighted by atomic mass is 16.2. The van der Waals surface area contributed by atoms with Crippen LogP contribution in [-0.4, -0.2) is 57.7 Å². The second kappa shape index (κ2) is 8.63. The number of nitrogens with zero attached hydrogens (tertiary/aromatic N) is 5. The molecule has 3 heterocycles. The molecule has 1 amide bonds. The molecular weight excluding hydrogens is 374 g/mol. The molecule has 1 aliphatic heterocycles. The van der Waals surface area contributed by atoms with Crippen molar-refractivity contribution < 1.29 is 4.79 Å². The smallest absolute Gasteiger partial charge is 0.246 e. The Morgan fingerprint density at radius 2 is 1.93 bits per heavy atom. The fourth-order valence-electron chi connectivity index (χ4n) is 3.79. The number of fused-ring (bicyclic) bond motifs is 1. The van der Waals surface area contributed by atoms with E-state index in [2.05, 4.69) is 40.9 Å². The molecule has 3 aromatic rings. The van der Waals surface area contributed by atoms with Crippen molar-refractivity contribution in [2.45, 2.75) is 20.0 Å². The van der Waals surface area contributed by atoms with E-state index in [0.717, 1.165) is 34.6 Å². The monoisotopic (exact) mass is 401 g/mol. The van der Waals surface area contributed by atoms with E-state index in [9.17, 15) is 4.79 Å². The van der Waals surface area contributed by atoms with Gasteiger partial charge in [0.1, 0.15) is 5.69 Å². The molecule has 6 heteroatoms. The summed E-state index contributed by atoms with van der Waals surface area (Å²) in [6.07, 6.45) is 7.19. The van der Waals surface area contributed by atoms with Crippen molar-refractivity contribution in [3.05, 3.63) is 72.2 Å². The van der Waals surface area contributed by atoms with Crippen LogP contribution in [0.15, 0.2) is 60.9 Å². The van der Waals surface area contributed by atoms with Crippen molar-refractivity contribution in [3.8, 4) is 22.4 Å². The van der Waals surface area contributed by atoms with Crippen molar-refractivity contribution in [2.75, 3.05) is 27.2 Å². The number of carbonyl (C=O) groups is 1. The molecule has 0 fully saturated rings. The van der Waals surface area contributed by atoms with Gasteiger partial charge in [0, 0.05) is 42.7 Å². The quantitative estimate of drug-likeness (QED) is 0.615. The zero-order valence-corrected chi connectivity index (χ0v) is 17.7. The summed E-state index contributed by atoms with van der Waals surface area (Å²) in [6, 6.07) is 12.4. The highest BCUT2D eigenvalue weighted by molar-refractivity contribution is 5.88. The SMILES string of the molecule is Cc1cccc(-c2nn3c(c2-c2ccncc2)CN(C(=O)/C=C/CN(C)C)CC3)c1. The first-order chi connectivity index (χ1) is 14.5. The second-order valence-corrected chi connectivity index (χ2v) is 7.92. The molecule has 0 bridgehead atoms. The Balaban J connectivity index is 1.73. The molecule has 2 aromatic heterocycles. The van der Waals surface area contributed by atoms with E-state index >= 15 is 0 Å². The molecule has 0 aliphatic carbocycles. The van der Waals surface area contributed by atoms with E-state index < -0.39 is 0 Å². The zero-order valence-electron chi connectivity index (χ0n) is 17.7. The number of benzene rings is 1. The number of rotatable bonds is 5. The van der Waals surface area contributed by atoms with Gasteiger partial charge in [0.15, 0.2) is 0 Å². The molecule has 0 saturated carbocycles. The number of aryl methyl sites for hydroxylation is 1. The van der Waals surface area contributed by atoms with E-state index in [-0.39, 0.29) is 5.91 Å². The fourth-order valence-corrected chi connectivity index (χ4v) is 3.79. The van der Waals surface area contributed by atoms with Gasteiger partial charge in [-0.25, -0.2) is 0 Å². The van der Waals surface area contributed by atoms with Gasteiger partial charge in [-0.1, -0.05) is 29.8 Å². The van der Waals surface area contributed by atoms with Gasteiger partial charge in [0.25, 0.3) is 0 Å². The average molecular weight is 402 g/mol. The van der Waals surface area contributed by atoms with E-state index in [1.807, 2.05) is 42.1 Å². The van der Waals surface area contributed by atoms with E-state index in [1.54, 1.807) is 18.5 Å². The van der Waals surface area contributed by atoms with Crippen LogP contribution in [0.5, 0.6) is 0 Å². The predicted octanol–water partition coefficient (Wildman–Crippen LogP) is 3.38. The second-order valence-electron chi connectivity index (χ2n) is 7.92. The van der Waals surface area contributed by atoms with Crippen molar-refractivity contribution in [2.24, 2.45) is 0 Å². The molecule has 154 valence electrons. The number of likely N-dealkylation sites (N-methyl/N-ethyl adjacent to an activating group) is 1. The Bertz CT molecular complexity index is 1070. The topological polar surface area (TPSA) is 54.3 Å². The maximum atomic E-state index is 12.7. The third-order valence-corrected chi connectivity index (χ3v) is 5.28.